The fourth-order valence-electron chi connectivity index (χ4n) is 0.991. The molecule has 86 valence electrons. The van der Waals surface area contributed by atoms with Crippen molar-refractivity contribution in [1.82, 2.24) is 0 Å². The molecule has 0 atom stereocenters. The van der Waals surface area contributed by atoms with E-state index in [1.54, 1.807) is 0 Å². The molecule has 0 heterocycles. The highest BCUT2D eigenvalue weighted by Gasteiger charge is 2.11. The van der Waals surface area contributed by atoms with Gasteiger partial charge in [-0.25, -0.2) is 8.78 Å². The lowest BCUT2D eigenvalue weighted by atomic mass is 10.1. The van der Waals surface area contributed by atoms with E-state index in [1.807, 2.05) is 0 Å². The van der Waals surface area contributed by atoms with Crippen molar-refractivity contribution in [3.63, 3.8) is 0 Å². The van der Waals surface area contributed by atoms with E-state index in [4.69, 9.17) is 5.26 Å². The van der Waals surface area contributed by atoms with E-state index in [0.717, 1.165) is 18.4 Å². The molecule has 1 aromatic carbocycles. The molecule has 0 amide bonds. The minimum Gasteiger partial charge on any atom is -0.265 e. The van der Waals surface area contributed by atoms with Crippen molar-refractivity contribution in [3.05, 3.63) is 34.9 Å². The van der Waals surface area contributed by atoms with Gasteiger partial charge >= 0.3 is 0 Å². The fourth-order valence-corrected chi connectivity index (χ4v) is 1.34. The van der Waals surface area contributed by atoms with Crippen LogP contribution in [0.3, 0.4) is 0 Å². The van der Waals surface area contributed by atoms with Crippen LogP contribution in [0.25, 0.3) is 0 Å². The van der Waals surface area contributed by atoms with E-state index in [2.05, 4.69) is 4.18 Å². The van der Waals surface area contributed by atoms with Crippen molar-refractivity contribution in [2.45, 2.75) is 6.61 Å². The summed E-state index contributed by atoms with van der Waals surface area (Å²) in [6, 6.07) is 3.06. The van der Waals surface area contributed by atoms with Gasteiger partial charge in [0.1, 0.15) is 23.3 Å². The first-order valence-corrected chi connectivity index (χ1v) is 5.87. The zero-order valence-electron chi connectivity index (χ0n) is 8.20. The number of hydrogen-bond donors (Lipinski definition) is 0. The van der Waals surface area contributed by atoms with Gasteiger partial charge in [-0.3, -0.25) is 4.18 Å². The molecule has 1 rings (SSSR count). The Morgan fingerprint density at radius 3 is 2.25 bits per heavy atom. The Bertz CT molecular complexity index is 525. The molecule has 0 fully saturated rings. The molecule has 0 aliphatic carbocycles. The Kier molecular flexibility index (Phi) is 3.57. The third-order valence-corrected chi connectivity index (χ3v) is 2.20. The maximum Gasteiger partial charge on any atom is 0.264 e. The van der Waals surface area contributed by atoms with E-state index in [-0.39, 0.29) is 5.56 Å². The summed E-state index contributed by atoms with van der Waals surface area (Å²) in [6.45, 7) is -0.474. The third kappa shape index (κ3) is 3.25. The van der Waals surface area contributed by atoms with Crippen LogP contribution in [-0.2, 0) is 20.9 Å². The van der Waals surface area contributed by atoms with Gasteiger partial charge in [-0.05, 0) is 17.7 Å². The van der Waals surface area contributed by atoms with Gasteiger partial charge < -0.3 is 0 Å². The molecule has 0 saturated heterocycles. The molecule has 16 heavy (non-hydrogen) atoms. The van der Waals surface area contributed by atoms with Crippen LogP contribution in [0.15, 0.2) is 12.1 Å². The lowest BCUT2D eigenvalue weighted by Crippen LogP contribution is -2.04. The molecule has 0 aromatic heterocycles. The van der Waals surface area contributed by atoms with Crippen LogP contribution < -0.4 is 0 Å². The Morgan fingerprint density at radius 2 is 1.88 bits per heavy atom. The van der Waals surface area contributed by atoms with Crippen LogP contribution >= 0.6 is 0 Å². The van der Waals surface area contributed by atoms with Crippen LogP contribution in [-0.4, -0.2) is 14.7 Å². The topological polar surface area (TPSA) is 67.2 Å². The van der Waals surface area contributed by atoms with Crippen LogP contribution in [0.2, 0.25) is 0 Å². The third-order valence-electron chi connectivity index (χ3n) is 1.65. The molecule has 0 aliphatic rings. The summed E-state index contributed by atoms with van der Waals surface area (Å²) in [5.74, 6) is -2.09. The lowest BCUT2D eigenvalue weighted by molar-refractivity contribution is 0.310. The van der Waals surface area contributed by atoms with Crippen molar-refractivity contribution in [2.75, 3.05) is 6.26 Å². The highest BCUT2D eigenvalue weighted by molar-refractivity contribution is 7.85. The quantitative estimate of drug-likeness (QED) is 0.755. The summed E-state index contributed by atoms with van der Waals surface area (Å²) in [5, 5.41) is 8.39. The van der Waals surface area contributed by atoms with Crippen LogP contribution in [0.5, 0.6) is 0 Å². The number of nitrogens with zero attached hydrogens (tertiary/aromatic N) is 1. The first-order chi connectivity index (χ1) is 7.33. The Hall–Kier alpha value is -1.52. The van der Waals surface area contributed by atoms with Gasteiger partial charge in [0.15, 0.2) is 0 Å². The zero-order valence-corrected chi connectivity index (χ0v) is 9.01. The first-order valence-electron chi connectivity index (χ1n) is 4.06. The average Bonchev–Trinajstić information content (AvgIpc) is 2.13. The van der Waals surface area contributed by atoms with E-state index in [9.17, 15) is 17.2 Å². The maximum atomic E-state index is 13.1. The summed E-state index contributed by atoms with van der Waals surface area (Å²) in [7, 11) is -3.67. The second-order valence-electron chi connectivity index (χ2n) is 3.01. The maximum absolute atomic E-state index is 13.1. The molecule has 0 saturated carbocycles. The van der Waals surface area contributed by atoms with E-state index >= 15 is 0 Å². The molecule has 0 bridgehead atoms. The number of rotatable bonds is 3. The summed E-state index contributed by atoms with van der Waals surface area (Å²) >= 11 is 0. The van der Waals surface area contributed by atoms with Crippen molar-refractivity contribution in [3.8, 4) is 6.07 Å². The van der Waals surface area contributed by atoms with E-state index in [1.165, 1.54) is 6.07 Å². The SMILES string of the molecule is CS(=O)(=O)OCc1cc(F)c(C#N)c(F)c1. The van der Waals surface area contributed by atoms with E-state index in [0.29, 0.717) is 0 Å². The summed E-state index contributed by atoms with van der Waals surface area (Å²) in [4.78, 5) is 0. The molecule has 0 aliphatic heterocycles. The molecular weight excluding hydrogens is 240 g/mol. The van der Waals surface area contributed by atoms with E-state index < -0.39 is 33.9 Å². The van der Waals surface area contributed by atoms with Gasteiger partial charge in [-0.1, -0.05) is 0 Å². The minimum atomic E-state index is -3.67. The molecule has 1 aromatic rings. The van der Waals surface area contributed by atoms with Crippen molar-refractivity contribution < 1.29 is 21.4 Å². The van der Waals surface area contributed by atoms with Gasteiger partial charge in [0, 0.05) is 0 Å². The molecule has 0 unspecified atom stereocenters. The molecule has 7 heteroatoms. The van der Waals surface area contributed by atoms with Gasteiger partial charge in [-0.2, -0.15) is 13.7 Å². The largest absolute Gasteiger partial charge is 0.265 e. The summed E-state index contributed by atoms with van der Waals surface area (Å²) in [5.41, 5.74) is -0.706. The second-order valence-corrected chi connectivity index (χ2v) is 4.66. The number of halogens is 2. The van der Waals surface area contributed by atoms with Crippen LogP contribution in [0, 0.1) is 23.0 Å². The monoisotopic (exact) mass is 247 g/mol. The zero-order chi connectivity index (χ0) is 12.3. The molecule has 4 nitrogen and oxygen atoms in total. The molecule has 0 radical (unpaired) electrons. The Morgan fingerprint density at radius 1 is 1.38 bits per heavy atom. The Balaban J connectivity index is 2.98. The highest BCUT2D eigenvalue weighted by Crippen LogP contribution is 2.15. The predicted molar refractivity (Wildman–Crippen MR) is 50.7 cm³/mol. The van der Waals surface area contributed by atoms with Gasteiger partial charge in [0.2, 0.25) is 0 Å². The number of benzene rings is 1. The fraction of sp³-hybridized carbons (Fsp3) is 0.222. The van der Waals surface area contributed by atoms with Gasteiger partial charge in [-0.15, -0.1) is 0 Å². The standard InChI is InChI=1S/C9H7F2NO3S/c1-16(13,14)15-5-6-2-8(10)7(4-12)9(11)3-6/h2-3H,5H2,1H3. The minimum absolute atomic E-state index is 0.000532. The summed E-state index contributed by atoms with van der Waals surface area (Å²) < 4.78 is 51.8. The van der Waals surface area contributed by atoms with Gasteiger partial charge in [0.05, 0.1) is 12.9 Å². The smallest absolute Gasteiger partial charge is 0.264 e. The molecule has 0 N–H and O–H groups in total. The van der Waals surface area contributed by atoms with Crippen LogP contribution in [0.4, 0.5) is 8.78 Å². The summed E-state index contributed by atoms with van der Waals surface area (Å²) in [6.07, 6.45) is 0.823. The highest BCUT2D eigenvalue weighted by atomic mass is 32.2. The second kappa shape index (κ2) is 4.55. The van der Waals surface area contributed by atoms with Crippen LogP contribution in [0.1, 0.15) is 11.1 Å². The van der Waals surface area contributed by atoms with Crippen molar-refractivity contribution in [1.29, 1.82) is 5.26 Å². The average molecular weight is 247 g/mol. The first kappa shape index (κ1) is 12.5. The number of hydrogen-bond acceptors (Lipinski definition) is 4. The van der Waals surface area contributed by atoms with Crippen molar-refractivity contribution >= 4 is 10.1 Å². The van der Waals surface area contributed by atoms with Crippen molar-refractivity contribution in [2.24, 2.45) is 0 Å². The molecular formula is C9H7F2NO3S. The molecule has 0 spiro atoms. The normalized spacial score (nSPS) is 11.1. The van der Waals surface area contributed by atoms with Gasteiger partial charge in [0.25, 0.3) is 10.1 Å². The number of nitriles is 1. The Labute approximate surface area is 91.2 Å². The lowest BCUT2D eigenvalue weighted by Gasteiger charge is -2.03. The predicted octanol–water partition coefficient (Wildman–Crippen LogP) is 1.31.